The van der Waals surface area contributed by atoms with Crippen LogP contribution in [0.3, 0.4) is 0 Å². The third-order valence-corrected chi connectivity index (χ3v) is 14.7. The van der Waals surface area contributed by atoms with Crippen molar-refractivity contribution in [1.82, 2.24) is 0 Å². The fourth-order valence-electron chi connectivity index (χ4n) is 10.3. The van der Waals surface area contributed by atoms with E-state index in [1.165, 1.54) is 88.6 Å². The van der Waals surface area contributed by atoms with Gasteiger partial charge in [-0.1, -0.05) is 268 Å². The molecule has 0 atom stereocenters. The van der Waals surface area contributed by atoms with Crippen molar-refractivity contribution < 1.29 is 0 Å². The zero-order valence-corrected chi connectivity index (χ0v) is 49.1. The lowest BCUT2D eigenvalue weighted by atomic mass is 9.82. The largest absolute Gasteiger partial charge is 0.310 e. The van der Waals surface area contributed by atoms with E-state index in [-0.39, 0.29) is 5.41 Å². The molecule has 0 unspecified atom stereocenters. The molecular weight excluding hydrogens is 977 g/mol. The van der Waals surface area contributed by atoms with Gasteiger partial charge in [-0.25, -0.2) is 0 Å². The topological polar surface area (TPSA) is 6.48 Å². The van der Waals surface area contributed by atoms with Crippen LogP contribution in [0.25, 0.3) is 32.7 Å². The van der Waals surface area contributed by atoms with Crippen LogP contribution in [0.5, 0.6) is 0 Å². The summed E-state index contributed by atoms with van der Waals surface area (Å²) < 4.78 is 0. The van der Waals surface area contributed by atoms with Crippen LogP contribution < -0.4 is 9.80 Å². The van der Waals surface area contributed by atoms with Gasteiger partial charge in [-0.15, -0.1) is 0 Å². The summed E-state index contributed by atoms with van der Waals surface area (Å²) in [7, 11) is 0. The van der Waals surface area contributed by atoms with Gasteiger partial charge in [0.25, 0.3) is 0 Å². The van der Waals surface area contributed by atoms with Crippen molar-refractivity contribution in [2.24, 2.45) is 0 Å². The summed E-state index contributed by atoms with van der Waals surface area (Å²) in [4.78, 5) is 4.72. The minimum absolute atomic E-state index is 0.165. The van der Waals surface area contributed by atoms with Gasteiger partial charge in [-0.05, 0) is 169 Å². The number of nitrogens with zero attached hydrogens (tertiary/aromatic N) is 2. The first kappa shape index (κ1) is 57.9. The SMILES string of the molecule is CC.Cc1ccc(N(c2ccccc2)c2ccc3c(c2)C(C)(C)c2cc(N(c4ccccc4)c4ccc(C)cc4)ccc2-3)cc1.Cc1cccc2ccccc12.Cc1cccc2ccccc12.Cc1ccccc1.Cc1ccccc1. The summed E-state index contributed by atoms with van der Waals surface area (Å²) in [5.74, 6) is 0. The number of rotatable bonds is 6. The Morgan fingerprint density at radius 2 is 0.519 bits per heavy atom. The van der Waals surface area contributed by atoms with Gasteiger partial charge in [-0.2, -0.15) is 0 Å². The van der Waals surface area contributed by atoms with Crippen molar-refractivity contribution in [3.63, 3.8) is 0 Å². The summed E-state index contributed by atoms with van der Waals surface area (Å²) in [6.07, 6.45) is 0. The lowest BCUT2D eigenvalue weighted by molar-refractivity contribution is 0.660. The van der Waals surface area contributed by atoms with Crippen LogP contribution in [-0.2, 0) is 5.41 Å². The van der Waals surface area contributed by atoms with Crippen LogP contribution in [-0.4, -0.2) is 0 Å². The molecule has 0 saturated carbocycles. The summed E-state index contributed by atoms with van der Waals surface area (Å²) in [5, 5.41) is 5.37. The first-order chi connectivity index (χ1) is 39.4. The molecule has 0 saturated heterocycles. The molecule has 0 amide bonds. The zero-order chi connectivity index (χ0) is 57.1. The van der Waals surface area contributed by atoms with E-state index in [0.717, 1.165) is 22.7 Å². The number of fused-ring (bicyclic) bond motifs is 5. The molecular formula is C79H78N2. The molecule has 12 aromatic carbocycles. The van der Waals surface area contributed by atoms with Gasteiger partial charge in [0, 0.05) is 39.5 Å². The van der Waals surface area contributed by atoms with Gasteiger partial charge < -0.3 is 9.80 Å². The molecule has 0 N–H and O–H groups in total. The molecule has 0 fully saturated rings. The van der Waals surface area contributed by atoms with Gasteiger partial charge in [0.05, 0.1) is 0 Å². The standard InChI is InChI=1S/C41H36N2.2C11H10.2C7H8.C2H6/c1-29-15-19-33(20-16-29)42(31-11-7-5-8-12-31)35-23-25-37-38-26-24-36(28-40(38)41(3,4)39(37)27-35)43(32-13-9-6-10-14-32)34-21-17-30(2)18-22-34;2*1-9-5-4-7-10-6-2-3-8-11(9)10;2*1-7-5-3-2-4-6-7;1-2/h5-28H,1-4H3;2*2-8H,1H3;2*2-6H,1H3;1-2H3. The van der Waals surface area contributed by atoms with Crippen molar-refractivity contribution in [3.05, 3.63) is 336 Å². The lowest BCUT2D eigenvalue weighted by Crippen LogP contribution is -2.17. The van der Waals surface area contributed by atoms with E-state index in [1.807, 2.05) is 50.2 Å². The van der Waals surface area contributed by atoms with Gasteiger partial charge in [0.2, 0.25) is 0 Å². The monoisotopic (exact) mass is 1050 g/mol. The Balaban J connectivity index is 0.000000179. The number of hydrogen-bond acceptors (Lipinski definition) is 2. The smallest absolute Gasteiger partial charge is 0.0465 e. The van der Waals surface area contributed by atoms with Crippen molar-refractivity contribution in [2.75, 3.05) is 9.80 Å². The van der Waals surface area contributed by atoms with Gasteiger partial charge in [0.1, 0.15) is 0 Å². The zero-order valence-electron chi connectivity index (χ0n) is 49.1. The average Bonchev–Trinajstić information content (AvgIpc) is 3.29. The molecule has 0 aromatic heterocycles. The normalized spacial score (nSPS) is 11.2. The van der Waals surface area contributed by atoms with E-state index < -0.39 is 0 Å². The third-order valence-electron chi connectivity index (χ3n) is 14.7. The molecule has 12 aromatic rings. The van der Waals surface area contributed by atoms with Crippen LogP contribution in [0.4, 0.5) is 34.1 Å². The Kier molecular flexibility index (Phi) is 20.1. The maximum Gasteiger partial charge on any atom is 0.0465 e. The first-order valence-electron chi connectivity index (χ1n) is 28.5. The number of hydrogen-bond donors (Lipinski definition) is 0. The maximum atomic E-state index is 2.40. The summed E-state index contributed by atoms with van der Waals surface area (Å²) in [6.45, 7) is 21.5. The summed E-state index contributed by atoms with van der Waals surface area (Å²) in [5.41, 5.74) is 20.0. The minimum atomic E-state index is -0.165. The van der Waals surface area contributed by atoms with E-state index in [0.29, 0.717) is 0 Å². The number of anilines is 6. The number of benzene rings is 12. The molecule has 0 aliphatic heterocycles. The molecule has 404 valence electrons. The second-order valence-electron chi connectivity index (χ2n) is 21.0. The number of para-hydroxylation sites is 2. The fraction of sp³-hybridized carbons (Fsp3) is 0.139. The second-order valence-corrected chi connectivity index (χ2v) is 21.0. The Morgan fingerprint density at radius 3 is 0.840 bits per heavy atom. The van der Waals surface area contributed by atoms with Gasteiger partial charge >= 0.3 is 0 Å². The Hall–Kier alpha value is -9.24. The van der Waals surface area contributed by atoms with Gasteiger partial charge in [-0.3, -0.25) is 0 Å². The number of aryl methyl sites for hydroxylation is 6. The van der Waals surface area contributed by atoms with Crippen LogP contribution in [0.1, 0.15) is 72.2 Å². The predicted octanol–water partition coefficient (Wildman–Crippen LogP) is 22.9. The molecule has 2 heteroatoms. The Labute approximate surface area is 484 Å². The minimum Gasteiger partial charge on any atom is -0.310 e. The highest BCUT2D eigenvalue weighted by Gasteiger charge is 2.37. The first-order valence-corrected chi connectivity index (χ1v) is 28.5. The molecule has 13 rings (SSSR count). The summed E-state index contributed by atoms with van der Waals surface area (Å²) >= 11 is 0. The molecule has 81 heavy (non-hydrogen) atoms. The highest BCUT2D eigenvalue weighted by atomic mass is 15.1. The van der Waals surface area contributed by atoms with Crippen molar-refractivity contribution >= 4 is 55.7 Å². The third kappa shape index (κ3) is 14.7. The predicted molar refractivity (Wildman–Crippen MR) is 354 cm³/mol. The molecule has 0 heterocycles. The van der Waals surface area contributed by atoms with Crippen LogP contribution >= 0.6 is 0 Å². The van der Waals surface area contributed by atoms with E-state index in [2.05, 4.69) is 320 Å². The molecule has 2 nitrogen and oxygen atoms in total. The quantitative estimate of drug-likeness (QED) is 0.164. The Bertz CT molecular complexity index is 3580. The van der Waals surface area contributed by atoms with Crippen LogP contribution in [0, 0.1) is 41.5 Å². The fourth-order valence-corrected chi connectivity index (χ4v) is 10.3. The van der Waals surface area contributed by atoms with Crippen molar-refractivity contribution in [2.45, 2.75) is 74.7 Å². The van der Waals surface area contributed by atoms with E-state index >= 15 is 0 Å². The Morgan fingerprint density at radius 1 is 0.247 bits per heavy atom. The molecule has 0 radical (unpaired) electrons. The average molecular weight is 1060 g/mol. The van der Waals surface area contributed by atoms with Crippen molar-refractivity contribution in [1.29, 1.82) is 0 Å². The van der Waals surface area contributed by atoms with E-state index in [1.54, 1.807) is 0 Å². The highest BCUT2D eigenvalue weighted by Crippen LogP contribution is 2.52. The summed E-state index contributed by atoms with van der Waals surface area (Å²) in [6, 6.07) is 103. The maximum absolute atomic E-state index is 2.40. The highest BCUT2D eigenvalue weighted by molar-refractivity contribution is 5.89. The van der Waals surface area contributed by atoms with Gasteiger partial charge in [0.15, 0.2) is 0 Å². The molecule has 0 spiro atoms. The molecule has 0 bridgehead atoms. The lowest BCUT2D eigenvalue weighted by Gasteiger charge is -2.29. The van der Waals surface area contributed by atoms with Crippen molar-refractivity contribution in [3.8, 4) is 11.1 Å². The molecule has 1 aliphatic carbocycles. The molecule has 1 aliphatic rings. The second kappa shape index (κ2) is 28.1. The van der Waals surface area contributed by atoms with E-state index in [4.69, 9.17) is 0 Å². The van der Waals surface area contributed by atoms with Crippen LogP contribution in [0.15, 0.2) is 291 Å². The van der Waals surface area contributed by atoms with E-state index in [9.17, 15) is 0 Å². The van der Waals surface area contributed by atoms with Crippen LogP contribution in [0.2, 0.25) is 0 Å².